The van der Waals surface area contributed by atoms with Crippen LogP contribution in [0.2, 0.25) is 0 Å². The number of alkyl halides is 1. The first-order chi connectivity index (χ1) is 7.75. The second-order valence-corrected chi connectivity index (χ2v) is 4.29. The molecule has 0 aliphatic heterocycles. The molecule has 0 spiro atoms. The van der Waals surface area contributed by atoms with E-state index >= 15 is 0 Å². The van der Waals surface area contributed by atoms with E-state index in [0.717, 1.165) is 18.7 Å². The number of aromatic nitrogens is 4. The number of hydrogen-bond donors (Lipinski definition) is 0. The van der Waals surface area contributed by atoms with Gasteiger partial charge in [-0.25, -0.2) is 0 Å². The normalized spacial score (nSPS) is 12.6. The maximum Gasteiger partial charge on any atom is 0.100 e. The first kappa shape index (κ1) is 11.1. The van der Waals surface area contributed by atoms with Crippen LogP contribution in [0.15, 0.2) is 30.7 Å². The molecule has 0 radical (unpaired) electrons. The quantitative estimate of drug-likeness (QED) is 0.765. The molecule has 0 amide bonds. The van der Waals surface area contributed by atoms with Crippen LogP contribution >= 0.6 is 11.6 Å². The maximum atomic E-state index is 5.91. The minimum atomic E-state index is -0.0906. The van der Waals surface area contributed by atoms with Crippen LogP contribution < -0.4 is 0 Å². The summed E-state index contributed by atoms with van der Waals surface area (Å²) in [6, 6.07) is 3.98. The highest BCUT2D eigenvalue weighted by Gasteiger charge is 2.06. The number of halogens is 1. The number of hydrogen-bond acceptors (Lipinski definition) is 3. The van der Waals surface area contributed by atoms with Crippen LogP contribution in [0.5, 0.6) is 0 Å². The Hall–Kier alpha value is -1.42. The molecule has 2 heterocycles. The van der Waals surface area contributed by atoms with Gasteiger partial charge in [0.2, 0.25) is 0 Å². The topological polar surface area (TPSA) is 43.6 Å². The van der Waals surface area contributed by atoms with E-state index in [-0.39, 0.29) is 5.38 Å². The third kappa shape index (κ3) is 2.79. The van der Waals surface area contributed by atoms with Crippen LogP contribution in [0.3, 0.4) is 0 Å². The Balaban J connectivity index is 1.95. The molecule has 0 aliphatic carbocycles. The molecule has 1 unspecified atom stereocenters. The Morgan fingerprint density at radius 3 is 3.00 bits per heavy atom. The fourth-order valence-corrected chi connectivity index (χ4v) is 1.49. The lowest BCUT2D eigenvalue weighted by atomic mass is 10.2. The van der Waals surface area contributed by atoms with Crippen LogP contribution in [0.4, 0.5) is 0 Å². The van der Waals surface area contributed by atoms with Crippen molar-refractivity contribution in [2.75, 3.05) is 0 Å². The molecule has 0 N–H and O–H groups in total. The largest absolute Gasteiger partial charge is 0.264 e. The lowest BCUT2D eigenvalue weighted by Gasteiger charge is -2.00. The van der Waals surface area contributed by atoms with Gasteiger partial charge in [-0.2, -0.15) is 0 Å². The van der Waals surface area contributed by atoms with Crippen LogP contribution in [-0.2, 0) is 13.0 Å². The molecule has 0 saturated carbocycles. The zero-order chi connectivity index (χ0) is 11.4. The summed E-state index contributed by atoms with van der Waals surface area (Å²) in [6.07, 6.45) is 6.41. The van der Waals surface area contributed by atoms with Crippen molar-refractivity contribution in [2.24, 2.45) is 0 Å². The Morgan fingerprint density at radius 1 is 1.50 bits per heavy atom. The third-order valence-electron chi connectivity index (χ3n) is 2.32. The van der Waals surface area contributed by atoms with Crippen molar-refractivity contribution in [1.82, 2.24) is 20.0 Å². The smallest absolute Gasteiger partial charge is 0.100 e. The van der Waals surface area contributed by atoms with Gasteiger partial charge in [0.25, 0.3) is 0 Å². The van der Waals surface area contributed by atoms with E-state index in [1.807, 2.05) is 25.4 Å². The fourth-order valence-electron chi connectivity index (χ4n) is 1.39. The number of rotatable bonds is 4. The molecule has 2 aromatic heterocycles. The number of aryl methyl sites for hydroxylation is 2. The molecule has 1 atom stereocenters. The zero-order valence-electron chi connectivity index (χ0n) is 9.05. The molecule has 0 fully saturated rings. The zero-order valence-corrected chi connectivity index (χ0v) is 9.80. The van der Waals surface area contributed by atoms with E-state index in [2.05, 4.69) is 21.4 Å². The monoisotopic (exact) mass is 236 g/mol. The Morgan fingerprint density at radius 2 is 2.38 bits per heavy atom. The van der Waals surface area contributed by atoms with Crippen LogP contribution in [0.1, 0.15) is 23.6 Å². The van der Waals surface area contributed by atoms with E-state index < -0.39 is 0 Å². The Bertz CT molecular complexity index is 438. The first-order valence-corrected chi connectivity index (χ1v) is 5.62. The predicted octanol–water partition coefficient (Wildman–Crippen LogP) is 2.22. The van der Waals surface area contributed by atoms with Crippen LogP contribution in [-0.4, -0.2) is 20.0 Å². The third-order valence-corrected chi connectivity index (χ3v) is 2.54. The van der Waals surface area contributed by atoms with Crippen LogP contribution in [0, 0.1) is 0 Å². The summed E-state index contributed by atoms with van der Waals surface area (Å²) in [6.45, 7) is 2.68. The molecule has 16 heavy (non-hydrogen) atoms. The second kappa shape index (κ2) is 5.07. The van der Waals surface area contributed by atoms with Gasteiger partial charge in [0.1, 0.15) is 5.69 Å². The van der Waals surface area contributed by atoms with Crippen molar-refractivity contribution < 1.29 is 0 Å². The van der Waals surface area contributed by atoms with Crippen LogP contribution in [0.25, 0.3) is 0 Å². The molecule has 0 aromatic carbocycles. The van der Waals surface area contributed by atoms with Crippen molar-refractivity contribution in [3.8, 4) is 0 Å². The molecule has 0 aliphatic rings. The minimum absolute atomic E-state index is 0.0906. The standard InChI is InChI=1S/C11H13ClN4/c1-9(12)11-8-16(15-14-11)6-4-10-3-2-5-13-7-10/h2-3,5,7-9H,4,6H2,1H3. The van der Waals surface area contributed by atoms with E-state index in [4.69, 9.17) is 11.6 Å². The first-order valence-electron chi connectivity index (χ1n) is 5.18. The summed E-state index contributed by atoms with van der Waals surface area (Å²) >= 11 is 5.91. The highest BCUT2D eigenvalue weighted by molar-refractivity contribution is 6.20. The van der Waals surface area contributed by atoms with Gasteiger partial charge in [-0.3, -0.25) is 9.67 Å². The van der Waals surface area contributed by atoms with Crippen molar-refractivity contribution >= 4 is 11.6 Å². The lowest BCUT2D eigenvalue weighted by Crippen LogP contribution is -2.02. The van der Waals surface area contributed by atoms with Gasteiger partial charge < -0.3 is 0 Å². The summed E-state index contributed by atoms with van der Waals surface area (Å²) in [5, 5.41) is 7.92. The highest BCUT2D eigenvalue weighted by atomic mass is 35.5. The van der Waals surface area contributed by atoms with Gasteiger partial charge in [-0.1, -0.05) is 11.3 Å². The van der Waals surface area contributed by atoms with Crippen molar-refractivity contribution in [3.05, 3.63) is 42.0 Å². The van der Waals surface area contributed by atoms with Gasteiger partial charge in [0, 0.05) is 25.1 Å². The molecule has 2 aromatic rings. The molecule has 0 bridgehead atoms. The molecular formula is C11H13ClN4. The Labute approximate surface area is 99.3 Å². The molecule has 0 saturated heterocycles. The molecular weight excluding hydrogens is 224 g/mol. The van der Waals surface area contributed by atoms with E-state index in [1.165, 1.54) is 5.56 Å². The predicted molar refractivity (Wildman–Crippen MR) is 62.2 cm³/mol. The highest BCUT2D eigenvalue weighted by Crippen LogP contribution is 2.15. The van der Waals surface area contributed by atoms with Crippen molar-refractivity contribution in [3.63, 3.8) is 0 Å². The SMILES string of the molecule is CC(Cl)c1cn(CCc2cccnc2)nn1. The van der Waals surface area contributed by atoms with E-state index in [0.29, 0.717) is 0 Å². The van der Waals surface area contributed by atoms with Gasteiger partial charge in [0.15, 0.2) is 0 Å². The minimum Gasteiger partial charge on any atom is -0.264 e. The summed E-state index contributed by atoms with van der Waals surface area (Å²) in [5.74, 6) is 0. The van der Waals surface area contributed by atoms with E-state index in [1.54, 1.807) is 10.9 Å². The summed E-state index contributed by atoms with van der Waals surface area (Å²) in [7, 11) is 0. The summed E-state index contributed by atoms with van der Waals surface area (Å²) in [5.41, 5.74) is 2.01. The average Bonchev–Trinajstić information content (AvgIpc) is 2.76. The molecule has 84 valence electrons. The number of pyridine rings is 1. The molecule has 4 nitrogen and oxygen atoms in total. The summed E-state index contributed by atoms with van der Waals surface area (Å²) < 4.78 is 1.81. The van der Waals surface area contributed by atoms with Gasteiger partial charge in [-0.15, -0.1) is 16.7 Å². The number of nitrogens with zero attached hydrogens (tertiary/aromatic N) is 4. The Kier molecular flexibility index (Phi) is 3.51. The van der Waals surface area contributed by atoms with Gasteiger partial charge >= 0.3 is 0 Å². The average molecular weight is 237 g/mol. The van der Waals surface area contributed by atoms with Crippen molar-refractivity contribution in [1.29, 1.82) is 0 Å². The van der Waals surface area contributed by atoms with Gasteiger partial charge in [0.05, 0.1) is 5.38 Å². The van der Waals surface area contributed by atoms with E-state index in [9.17, 15) is 0 Å². The summed E-state index contributed by atoms with van der Waals surface area (Å²) in [4.78, 5) is 4.06. The van der Waals surface area contributed by atoms with Crippen molar-refractivity contribution in [2.45, 2.75) is 25.3 Å². The van der Waals surface area contributed by atoms with Gasteiger partial charge in [-0.05, 0) is 25.0 Å². The second-order valence-electron chi connectivity index (χ2n) is 3.63. The maximum absolute atomic E-state index is 5.91. The fraction of sp³-hybridized carbons (Fsp3) is 0.364. The lowest BCUT2D eigenvalue weighted by molar-refractivity contribution is 0.588. The molecule has 5 heteroatoms. The molecule has 2 rings (SSSR count).